The Morgan fingerprint density at radius 1 is 1.75 bits per heavy atom. The molecular weight excluding hydrogens is 104 g/mol. The van der Waals surface area contributed by atoms with Crippen LogP contribution in [0.25, 0.3) is 0 Å². The van der Waals surface area contributed by atoms with Crippen LogP contribution < -0.4 is 0 Å². The minimum Gasteiger partial charge on any atom is -0.512 e. The van der Waals surface area contributed by atoms with E-state index >= 15 is 0 Å². The number of aliphatic hydroxyl groups is 1. The van der Waals surface area contributed by atoms with Gasteiger partial charge in [-0.2, -0.15) is 0 Å². The molecule has 8 heavy (non-hydrogen) atoms. The maximum Gasteiger partial charge on any atom is 0.127 e. The summed E-state index contributed by atoms with van der Waals surface area (Å²) in [6.45, 7) is 4.42. The number of hydrogen-bond acceptors (Lipinski definition) is 2. The second-order valence-electron chi connectivity index (χ2n) is 1.59. The average Bonchev–Trinajstić information content (AvgIpc) is 1.83. The molecule has 0 rings (SSSR count). The van der Waals surface area contributed by atoms with E-state index in [0.29, 0.717) is 12.4 Å². The summed E-state index contributed by atoms with van der Waals surface area (Å²) >= 11 is 0. The summed E-state index contributed by atoms with van der Waals surface area (Å²) in [5.41, 5.74) is 0. The summed E-state index contributed by atoms with van der Waals surface area (Å²) in [6, 6.07) is 0. The maximum absolute atomic E-state index is 8.27. The first kappa shape index (κ1) is 7.34. The number of hydrogen-bond donors (Lipinski definition) is 1. The van der Waals surface area contributed by atoms with E-state index in [4.69, 9.17) is 9.84 Å². The highest BCUT2D eigenvalue weighted by molar-refractivity contribution is 4.78. The fourth-order valence-corrected chi connectivity index (χ4v) is 0.300. The molecule has 0 unspecified atom stereocenters. The van der Waals surface area contributed by atoms with Gasteiger partial charge in [-0.05, 0) is 13.3 Å². The average molecular weight is 116 g/mol. The minimum absolute atomic E-state index is 0.576. The van der Waals surface area contributed by atoms with Crippen molar-refractivity contribution in [2.24, 2.45) is 0 Å². The molecule has 0 aromatic heterocycles. The van der Waals surface area contributed by atoms with Gasteiger partial charge in [0.25, 0.3) is 0 Å². The second kappa shape index (κ2) is 4.50. The first-order valence-corrected chi connectivity index (χ1v) is 2.75. The molecule has 0 aliphatic heterocycles. The zero-order chi connectivity index (χ0) is 6.41. The molecule has 0 amide bonds. The van der Waals surface area contributed by atoms with E-state index in [1.165, 1.54) is 0 Å². The number of rotatable bonds is 3. The van der Waals surface area contributed by atoms with E-state index in [1.807, 2.05) is 6.92 Å². The Morgan fingerprint density at radius 3 is 2.75 bits per heavy atom. The maximum atomic E-state index is 8.27. The molecule has 0 aliphatic rings. The normalized spacial score (nSPS) is 11.5. The van der Waals surface area contributed by atoms with Gasteiger partial charge in [-0.15, -0.1) is 0 Å². The molecule has 48 valence electrons. The summed E-state index contributed by atoms with van der Waals surface area (Å²) in [5.74, 6) is 0.576. The Hall–Kier alpha value is -0.660. The summed E-state index contributed by atoms with van der Waals surface area (Å²) in [7, 11) is 0. The molecule has 0 spiro atoms. The highest BCUT2D eigenvalue weighted by Gasteiger charge is 1.83. The standard InChI is InChI=1S/C6H12O2/c1-3-4-8-6(2)5-7/h5,7H,3-4H2,1-2H3. The van der Waals surface area contributed by atoms with E-state index < -0.39 is 0 Å². The van der Waals surface area contributed by atoms with Crippen LogP contribution in [0.4, 0.5) is 0 Å². The van der Waals surface area contributed by atoms with Crippen LogP contribution in [0, 0.1) is 0 Å². The zero-order valence-electron chi connectivity index (χ0n) is 5.35. The summed E-state index contributed by atoms with van der Waals surface area (Å²) in [5, 5.41) is 8.27. The molecule has 0 fully saturated rings. The van der Waals surface area contributed by atoms with Gasteiger partial charge in [0, 0.05) is 0 Å². The van der Waals surface area contributed by atoms with Crippen molar-refractivity contribution >= 4 is 0 Å². The first-order chi connectivity index (χ1) is 3.81. The molecule has 2 heteroatoms. The number of aliphatic hydroxyl groups excluding tert-OH is 1. The van der Waals surface area contributed by atoms with Gasteiger partial charge in [0.15, 0.2) is 0 Å². The van der Waals surface area contributed by atoms with Crippen LogP contribution in [0.3, 0.4) is 0 Å². The van der Waals surface area contributed by atoms with E-state index in [2.05, 4.69) is 0 Å². The molecule has 0 heterocycles. The van der Waals surface area contributed by atoms with Crippen molar-refractivity contribution in [2.45, 2.75) is 20.3 Å². The molecule has 0 saturated carbocycles. The van der Waals surface area contributed by atoms with Crippen molar-refractivity contribution < 1.29 is 9.84 Å². The van der Waals surface area contributed by atoms with Gasteiger partial charge < -0.3 is 9.84 Å². The topological polar surface area (TPSA) is 29.5 Å². The Labute approximate surface area is 49.8 Å². The fourth-order valence-electron chi connectivity index (χ4n) is 0.300. The van der Waals surface area contributed by atoms with Crippen LogP contribution in [0.2, 0.25) is 0 Å². The Bertz CT molecular complexity index is 76.6. The molecule has 2 nitrogen and oxygen atoms in total. The van der Waals surface area contributed by atoms with Crippen LogP contribution >= 0.6 is 0 Å². The predicted molar refractivity (Wildman–Crippen MR) is 32.6 cm³/mol. The number of allylic oxidation sites excluding steroid dienone is 1. The summed E-state index contributed by atoms with van der Waals surface area (Å²) in [6.07, 6.45) is 1.95. The van der Waals surface area contributed by atoms with Crippen molar-refractivity contribution in [1.82, 2.24) is 0 Å². The molecule has 0 saturated heterocycles. The summed E-state index contributed by atoms with van der Waals surface area (Å²) in [4.78, 5) is 0. The van der Waals surface area contributed by atoms with Gasteiger partial charge in [-0.25, -0.2) is 0 Å². The molecule has 0 bridgehead atoms. The van der Waals surface area contributed by atoms with Gasteiger partial charge in [0.2, 0.25) is 0 Å². The van der Waals surface area contributed by atoms with Crippen LogP contribution in [-0.2, 0) is 4.74 Å². The monoisotopic (exact) mass is 116 g/mol. The SMILES string of the molecule is CCCOC(C)=CO. The van der Waals surface area contributed by atoms with Crippen LogP contribution in [0.5, 0.6) is 0 Å². The van der Waals surface area contributed by atoms with E-state index in [1.54, 1.807) is 6.92 Å². The third-order valence-corrected chi connectivity index (χ3v) is 0.716. The van der Waals surface area contributed by atoms with Crippen molar-refractivity contribution in [3.8, 4) is 0 Å². The Balaban J connectivity index is 3.12. The summed E-state index contributed by atoms with van der Waals surface area (Å²) < 4.78 is 4.95. The van der Waals surface area contributed by atoms with E-state index in [0.717, 1.165) is 12.7 Å². The van der Waals surface area contributed by atoms with Crippen LogP contribution in [0.1, 0.15) is 20.3 Å². The van der Waals surface area contributed by atoms with Crippen LogP contribution in [-0.4, -0.2) is 11.7 Å². The van der Waals surface area contributed by atoms with Crippen molar-refractivity contribution in [2.75, 3.05) is 6.61 Å². The lowest BCUT2D eigenvalue weighted by molar-refractivity contribution is 0.202. The van der Waals surface area contributed by atoms with Crippen molar-refractivity contribution in [3.63, 3.8) is 0 Å². The third kappa shape index (κ3) is 3.53. The van der Waals surface area contributed by atoms with Gasteiger partial charge in [-0.3, -0.25) is 0 Å². The lowest BCUT2D eigenvalue weighted by Gasteiger charge is -2.00. The van der Waals surface area contributed by atoms with Crippen molar-refractivity contribution in [3.05, 3.63) is 12.0 Å². The number of ether oxygens (including phenoxy) is 1. The molecule has 0 aliphatic carbocycles. The predicted octanol–water partition coefficient (Wildman–Crippen LogP) is 1.83. The molecule has 0 aromatic rings. The zero-order valence-corrected chi connectivity index (χ0v) is 5.35. The quantitative estimate of drug-likeness (QED) is 0.570. The molecule has 1 N–H and O–H groups in total. The highest BCUT2D eigenvalue weighted by atomic mass is 16.5. The fraction of sp³-hybridized carbons (Fsp3) is 0.667. The van der Waals surface area contributed by atoms with Gasteiger partial charge in [0.05, 0.1) is 6.61 Å². The lowest BCUT2D eigenvalue weighted by atomic mass is 10.5. The van der Waals surface area contributed by atoms with Gasteiger partial charge in [-0.1, -0.05) is 6.92 Å². The third-order valence-electron chi connectivity index (χ3n) is 0.716. The molecular formula is C6H12O2. The highest BCUT2D eigenvalue weighted by Crippen LogP contribution is 1.92. The molecule has 0 aromatic carbocycles. The lowest BCUT2D eigenvalue weighted by Crippen LogP contribution is -1.88. The smallest absolute Gasteiger partial charge is 0.127 e. The molecule has 0 radical (unpaired) electrons. The second-order valence-corrected chi connectivity index (χ2v) is 1.59. The first-order valence-electron chi connectivity index (χ1n) is 2.75. The van der Waals surface area contributed by atoms with E-state index in [-0.39, 0.29) is 0 Å². The van der Waals surface area contributed by atoms with Crippen molar-refractivity contribution in [1.29, 1.82) is 0 Å². The van der Waals surface area contributed by atoms with E-state index in [9.17, 15) is 0 Å². The van der Waals surface area contributed by atoms with Gasteiger partial charge >= 0.3 is 0 Å². The largest absolute Gasteiger partial charge is 0.512 e. The minimum atomic E-state index is 0.576. The molecule has 0 atom stereocenters. The van der Waals surface area contributed by atoms with Gasteiger partial charge in [0.1, 0.15) is 12.0 Å². The Morgan fingerprint density at radius 2 is 2.38 bits per heavy atom. The Kier molecular flexibility index (Phi) is 4.13. The van der Waals surface area contributed by atoms with Crippen LogP contribution in [0.15, 0.2) is 12.0 Å².